The lowest BCUT2D eigenvalue weighted by Gasteiger charge is -2.28. The molecule has 1 fully saturated rings. The van der Waals surface area contributed by atoms with Gasteiger partial charge in [0.1, 0.15) is 0 Å². The van der Waals surface area contributed by atoms with E-state index in [1.165, 1.54) is 55.4 Å². The smallest absolute Gasteiger partial charge is 0.236 e. The van der Waals surface area contributed by atoms with Gasteiger partial charge in [0.25, 0.3) is 0 Å². The van der Waals surface area contributed by atoms with Crippen molar-refractivity contribution in [2.24, 2.45) is 0 Å². The van der Waals surface area contributed by atoms with E-state index < -0.39 is 0 Å². The molecule has 1 aliphatic heterocycles. The molecular formula is C17H26N2OS. The number of thiophene rings is 1. The average Bonchev–Trinajstić information content (AvgIpc) is 2.93. The van der Waals surface area contributed by atoms with Crippen molar-refractivity contribution in [1.82, 2.24) is 10.2 Å². The van der Waals surface area contributed by atoms with Crippen LogP contribution in [-0.4, -0.2) is 29.9 Å². The number of rotatable bonds is 3. The number of hydrogen-bond donors (Lipinski definition) is 1. The van der Waals surface area contributed by atoms with Crippen molar-refractivity contribution >= 4 is 17.2 Å². The third-order valence-corrected chi connectivity index (χ3v) is 5.83. The van der Waals surface area contributed by atoms with Crippen molar-refractivity contribution < 1.29 is 4.79 Å². The number of carbonyl (C=O) groups excluding carboxylic acids is 1. The van der Waals surface area contributed by atoms with Gasteiger partial charge in [0.05, 0.1) is 6.54 Å². The Kier molecular flexibility index (Phi) is 5.31. The quantitative estimate of drug-likeness (QED) is 0.929. The second-order valence-corrected chi connectivity index (χ2v) is 7.36. The molecule has 0 atom stereocenters. The van der Waals surface area contributed by atoms with Crippen LogP contribution in [0.5, 0.6) is 0 Å². The fourth-order valence-electron chi connectivity index (χ4n) is 3.47. The zero-order chi connectivity index (χ0) is 14.5. The van der Waals surface area contributed by atoms with Crippen LogP contribution in [-0.2, 0) is 17.8 Å². The Balaban J connectivity index is 1.46. The Morgan fingerprint density at radius 3 is 2.81 bits per heavy atom. The molecular weight excluding hydrogens is 280 g/mol. The topological polar surface area (TPSA) is 32.3 Å². The molecule has 0 unspecified atom stereocenters. The molecule has 116 valence electrons. The number of nitrogens with one attached hydrogen (secondary N) is 1. The summed E-state index contributed by atoms with van der Waals surface area (Å²) in [4.78, 5) is 15.9. The average molecular weight is 306 g/mol. The molecule has 1 aromatic rings. The molecule has 3 nitrogen and oxygen atoms in total. The van der Waals surface area contributed by atoms with Gasteiger partial charge in [-0.05, 0) is 36.3 Å². The predicted molar refractivity (Wildman–Crippen MR) is 87.5 cm³/mol. The zero-order valence-electron chi connectivity index (χ0n) is 12.8. The van der Waals surface area contributed by atoms with E-state index in [9.17, 15) is 4.79 Å². The van der Waals surface area contributed by atoms with Crippen LogP contribution in [0.15, 0.2) is 11.4 Å². The number of carbonyl (C=O) groups is 1. The van der Waals surface area contributed by atoms with E-state index in [2.05, 4.69) is 16.8 Å². The van der Waals surface area contributed by atoms with Gasteiger partial charge in [-0.3, -0.25) is 4.79 Å². The highest BCUT2D eigenvalue weighted by molar-refractivity contribution is 7.10. The van der Waals surface area contributed by atoms with Crippen molar-refractivity contribution in [2.75, 3.05) is 13.1 Å². The molecule has 2 aliphatic rings. The summed E-state index contributed by atoms with van der Waals surface area (Å²) < 4.78 is 0. The summed E-state index contributed by atoms with van der Waals surface area (Å²) in [6, 6.07) is 2.72. The van der Waals surface area contributed by atoms with Crippen LogP contribution in [0.1, 0.15) is 55.4 Å². The summed E-state index contributed by atoms with van der Waals surface area (Å²) in [7, 11) is 0. The van der Waals surface area contributed by atoms with Crippen LogP contribution in [0.3, 0.4) is 0 Å². The Labute approximate surface area is 131 Å². The predicted octanol–water partition coefficient (Wildman–Crippen LogP) is 3.34. The van der Waals surface area contributed by atoms with E-state index >= 15 is 0 Å². The first-order chi connectivity index (χ1) is 10.3. The molecule has 3 rings (SSSR count). The molecule has 0 spiro atoms. The SMILES string of the molecule is O=C(CNC1CCCCCCC1)N1CCc2sccc2C1. The van der Waals surface area contributed by atoms with Gasteiger partial charge >= 0.3 is 0 Å². The maximum absolute atomic E-state index is 12.4. The molecule has 0 aromatic carbocycles. The Morgan fingerprint density at radius 2 is 2.00 bits per heavy atom. The molecule has 0 bridgehead atoms. The van der Waals surface area contributed by atoms with Crippen molar-refractivity contribution in [3.05, 3.63) is 21.9 Å². The first-order valence-electron chi connectivity index (χ1n) is 8.39. The van der Waals surface area contributed by atoms with Gasteiger partial charge in [0, 0.05) is 24.0 Å². The van der Waals surface area contributed by atoms with E-state index in [1.54, 1.807) is 0 Å². The van der Waals surface area contributed by atoms with Gasteiger partial charge in [-0.15, -0.1) is 11.3 Å². The van der Waals surface area contributed by atoms with Gasteiger partial charge in [-0.25, -0.2) is 0 Å². The maximum atomic E-state index is 12.4. The Hall–Kier alpha value is -0.870. The zero-order valence-corrected chi connectivity index (χ0v) is 13.6. The van der Waals surface area contributed by atoms with E-state index in [0.29, 0.717) is 12.6 Å². The fraction of sp³-hybridized carbons (Fsp3) is 0.706. The van der Waals surface area contributed by atoms with Crippen LogP contribution >= 0.6 is 11.3 Å². The number of nitrogens with zero attached hydrogens (tertiary/aromatic N) is 1. The monoisotopic (exact) mass is 306 g/mol. The van der Waals surface area contributed by atoms with Crippen LogP contribution in [0.2, 0.25) is 0 Å². The highest BCUT2D eigenvalue weighted by Gasteiger charge is 2.22. The lowest BCUT2D eigenvalue weighted by molar-refractivity contribution is -0.131. The Morgan fingerprint density at radius 1 is 1.24 bits per heavy atom. The van der Waals surface area contributed by atoms with Gasteiger partial charge < -0.3 is 10.2 Å². The summed E-state index contributed by atoms with van der Waals surface area (Å²) >= 11 is 1.83. The first kappa shape index (κ1) is 15.0. The highest BCUT2D eigenvalue weighted by atomic mass is 32.1. The van der Waals surface area contributed by atoms with Gasteiger partial charge in [0.15, 0.2) is 0 Å². The fourth-order valence-corrected chi connectivity index (χ4v) is 4.35. The number of fused-ring (bicyclic) bond motifs is 1. The summed E-state index contributed by atoms with van der Waals surface area (Å²) in [5, 5.41) is 5.66. The molecule has 0 saturated heterocycles. The molecule has 1 saturated carbocycles. The molecule has 1 N–H and O–H groups in total. The standard InChI is InChI=1S/C17H26N2OS/c20-17(12-18-15-6-4-2-1-3-5-7-15)19-10-8-16-14(13-19)9-11-21-16/h9,11,15,18H,1-8,10,12-13H2. The van der Waals surface area contributed by atoms with Gasteiger partial charge in [0.2, 0.25) is 5.91 Å². The molecule has 1 aromatic heterocycles. The van der Waals surface area contributed by atoms with Crippen molar-refractivity contribution in [1.29, 1.82) is 0 Å². The van der Waals surface area contributed by atoms with Crippen LogP contribution in [0.25, 0.3) is 0 Å². The first-order valence-corrected chi connectivity index (χ1v) is 9.27. The summed E-state index contributed by atoms with van der Waals surface area (Å²) in [5.41, 5.74) is 1.35. The van der Waals surface area contributed by atoms with Gasteiger partial charge in [-0.1, -0.05) is 32.1 Å². The van der Waals surface area contributed by atoms with Crippen molar-refractivity contribution in [2.45, 2.75) is 64.0 Å². The number of hydrogen-bond acceptors (Lipinski definition) is 3. The minimum atomic E-state index is 0.272. The second kappa shape index (κ2) is 7.41. The molecule has 4 heteroatoms. The van der Waals surface area contributed by atoms with E-state index in [0.717, 1.165) is 19.5 Å². The highest BCUT2D eigenvalue weighted by Crippen LogP contribution is 2.24. The van der Waals surface area contributed by atoms with Gasteiger partial charge in [-0.2, -0.15) is 0 Å². The molecule has 1 aliphatic carbocycles. The van der Waals surface area contributed by atoms with Crippen LogP contribution < -0.4 is 5.32 Å². The molecule has 1 amide bonds. The number of amides is 1. The largest absolute Gasteiger partial charge is 0.337 e. The summed E-state index contributed by atoms with van der Waals surface area (Å²) in [6.07, 6.45) is 10.2. The lowest BCUT2D eigenvalue weighted by Crippen LogP contribution is -2.43. The van der Waals surface area contributed by atoms with E-state index in [-0.39, 0.29) is 5.91 Å². The molecule has 21 heavy (non-hydrogen) atoms. The molecule has 0 radical (unpaired) electrons. The van der Waals surface area contributed by atoms with E-state index in [4.69, 9.17) is 0 Å². The Bertz CT molecular complexity index is 463. The van der Waals surface area contributed by atoms with Crippen molar-refractivity contribution in [3.63, 3.8) is 0 Å². The normalized spacial score (nSPS) is 20.7. The summed E-state index contributed by atoms with van der Waals surface area (Å²) in [5.74, 6) is 0.272. The lowest BCUT2D eigenvalue weighted by atomic mass is 9.97. The molecule has 2 heterocycles. The van der Waals surface area contributed by atoms with Crippen LogP contribution in [0.4, 0.5) is 0 Å². The van der Waals surface area contributed by atoms with E-state index in [1.807, 2.05) is 16.2 Å². The third kappa shape index (κ3) is 4.07. The van der Waals surface area contributed by atoms with Crippen LogP contribution in [0, 0.1) is 0 Å². The summed E-state index contributed by atoms with van der Waals surface area (Å²) in [6.45, 7) is 2.22. The minimum Gasteiger partial charge on any atom is -0.337 e. The maximum Gasteiger partial charge on any atom is 0.236 e. The third-order valence-electron chi connectivity index (χ3n) is 4.81. The minimum absolute atomic E-state index is 0.272. The van der Waals surface area contributed by atoms with Crippen molar-refractivity contribution in [3.8, 4) is 0 Å². The second-order valence-electron chi connectivity index (χ2n) is 6.36.